The molecule has 7 heteroatoms. The van der Waals surface area contributed by atoms with Crippen LogP contribution in [0.3, 0.4) is 0 Å². The van der Waals surface area contributed by atoms with Crippen LogP contribution in [0, 0.1) is 6.92 Å². The van der Waals surface area contributed by atoms with Crippen molar-refractivity contribution in [1.29, 1.82) is 0 Å². The van der Waals surface area contributed by atoms with E-state index in [0.717, 1.165) is 41.4 Å². The van der Waals surface area contributed by atoms with Crippen LogP contribution in [0.4, 0.5) is 0 Å². The zero-order valence-corrected chi connectivity index (χ0v) is 19.6. The molecule has 1 fully saturated rings. The van der Waals surface area contributed by atoms with Crippen molar-refractivity contribution in [1.82, 2.24) is 9.80 Å². The number of halogens is 2. The van der Waals surface area contributed by atoms with Crippen LogP contribution in [0.1, 0.15) is 26.4 Å². The minimum Gasteiger partial charge on any atom is -0.489 e. The molecule has 1 aromatic heterocycles. The maximum atomic E-state index is 12.9. The lowest BCUT2D eigenvalue weighted by Crippen LogP contribution is -2.48. The molecule has 0 saturated carbocycles. The quantitative estimate of drug-likeness (QED) is 0.445. The highest BCUT2D eigenvalue weighted by Crippen LogP contribution is 2.24. The van der Waals surface area contributed by atoms with Crippen molar-refractivity contribution in [3.05, 3.63) is 85.5 Å². The molecule has 2 heterocycles. The molecule has 0 unspecified atom stereocenters. The van der Waals surface area contributed by atoms with E-state index < -0.39 is 0 Å². The molecule has 1 aliphatic rings. The Morgan fingerprint density at radius 1 is 1.03 bits per heavy atom. The Morgan fingerprint density at radius 3 is 2.48 bits per heavy atom. The first-order valence-electron chi connectivity index (χ1n) is 10.2. The molecular formula is C24H24Cl2N2O2S. The highest BCUT2D eigenvalue weighted by molar-refractivity contribution is 7.12. The average Bonchev–Trinajstić information content (AvgIpc) is 3.24. The molecule has 0 bridgehead atoms. The van der Waals surface area contributed by atoms with Crippen LogP contribution in [0.25, 0.3) is 0 Å². The predicted molar refractivity (Wildman–Crippen MR) is 127 cm³/mol. The number of carbonyl (C=O) groups excluding carboxylic acids is 1. The summed E-state index contributed by atoms with van der Waals surface area (Å²) in [5.74, 6) is 0.928. The Labute approximate surface area is 197 Å². The van der Waals surface area contributed by atoms with Crippen LogP contribution < -0.4 is 4.74 Å². The van der Waals surface area contributed by atoms with Gasteiger partial charge in [-0.1, -0.05) is 47.0 Å². The fourth-order valence-corrected chi connectivity index (χ4v) is 4.85. The van der Waals surface area contributed by atoms with Crippen LogP contribution in [0.2, 0.25) is 10.0 Å². The van der Waals surface area contributed by atoms with Gasteiger partial charge in [-0.3, -0.25) is 9.69 Å². The molecule has 162 valence electrons. The fourth-order valence-electron chi connectivity index (χ4n) is 3.52. The van der Waals surface area contributed by atoms with E-state index in [4.69, 9.17) is 27.9 Å². The van der Waals surface area contributed by atoms with Gasteiger partial charge in [0.2, 0.25) is 0 Å². The lowest BCUT2D eigenvalue weighted by Gasteiger charge is -2.34. The summed E-state index contributed by atoms with van der Waals surface area (Å²) >= 11 is 13.8. The number of amides is 1. The molecule has 31 heavy (non-hydrogen) atoms. The third kappa shape index (κ3) is 5.80. The van der Waals surface area contributed by atoms with Gasteiger partial charge in [0.1, 0.15) is 12.4 Å². The van der Waals surface area contributed by atoms with Gasteiger partial charge in [-0.2, -0.15) is 0 Å². The third-order valence-corrected chi connectivity index (χ3v) is 6.91. The number of rotatable bonds is 6. The van der Waals surface area contributed by atoms with Gasteiger partial charge in [-0.25, -0.2) is 0 Å². The van der Waals surface area contributed by atoms with Gasteiger partial charge < -0.3 is 9.64 Å². The van der Waals surface area contributed by atoms with E-state index in [1.165, 1.54) is 16.9 Å². The summed E-state index contributed by atoms with van der Waals surface area (Å²) in [4.78, 5) is 17.9. The van der Waals surface area contributed by atoms with Crippen molar-refractivity contribution >= 4 is 40.4 Å². The summed E-state index contributed by atoms with van der Waals surface area (Å²) in [5.41, 5.74) is 3.28. The average molecular weight is 475 g/mol. The second-order valence-corrected chi connectivity index (χ2v) is 9.48. The Hall–Kier alpha value is -2.05. The van der Waals surface area contributed by atoms with Crippen molar-refractivity contribution in [2.45, 2.75) is 20.1 Å². The van der Waals surface area contributed by atoms with E-state index in [1.54, 1.807) is 6.07 Å². The van der Waals surface area contributed by atoms with Gasteiger partial charge in [0.05, 0.1) is 4.88 Å². The van der Waals surface area contributed by atoms with Crippen LogP contribution in [0.15, 0.2) is 53.9 Å². The van der Waals surface area contributed by atoms with Crippen molar-refractivity contribution in [2.75, 3.05) is 26.2 Å². The summed E-state index contributed by atoms with van der Waals surface area (Å²) in [7, 11) is 0. The molecule has 4 rings (SSSR count). The molecule has 1 aliphatic heterocycles. The normalized spacial score (nSPS) is 14.6. The molecule has 0 aliphatic carbocycles. The largest absolute Gasteiger partial charge is 0.489 e. The zero-order valence-electron chi connectivity index (χ0n) is 17.3. The summed E-state index contributed by atoms with van der Waals surface area (Å²) in [6, 6.07) is 15.5. The van der Waals surface area contributed by atoms with Crippen molar-refractivity contribution in [2.24, 2.45) is 0 Å². The van der Waals surface area contributed by atoms with E-state index in [0.29, 0.717) is 29.7 Å². The Balaban J connectivity index is 1.28. The standard InChI is InChI=1S/C24H24Cl2N2O2S/c1-17-2-6-21(7-3-17)30-15-18-12-23(31-16-18)24(29)28-10-8-27(9-11-28)14-19-4-5-20(25)13-22(19)26/h2-7,12-13,16H,8-11,14-15H2,1H3. The van der Waals surface area contributed by atoms with Gasteiger partial charge in [0.15, 0.2) is 0 Å². The molecule has 1 amide bonds. The second-order valence-electron chi connectivity index (χ2n) is 7.73. The minimum atomic E-state index is 0.0933. The number of carbonyl (C=O) groups is 1. The Kier molecular flexibility index (Phi) is 7.18. The SMILES string of the molecule is Cc1ccc(OCc2csc(C(=O)N3CCN(Cc4ccc(Cl)cc4Cl)CC3)c2)cc1. The van der Waals surface area contributed by atoms with Crippen LogP contribution in [-0.4, -0.2) is 41.9 Å². The van der Waals surface area contributed by atoms with Crippen LogP contribution >= 0.6 is 34.5 Å². The van der Waals surface area contributed by atoms with E-state index in [2.05, 4.69) is 4.90 Å². The number of nitrogens with zero attached hydrogens (tertiary/aromatic N) is 2. The number of hydrogen-bond donors (Lipinski definition) is 0. The first kappa shape index (κ1) is 22.2. The maximum Gasteiger partial charge on any atom is 0.264 e. The van der Waals surface area contributed by atoms with Gasteiger partial charge in [-0.15, -0.1) is 11.3 Å². The second kappa shape index (κ2) is 10.0. The van der Waals surface area contributed by atoms with E-state index in [-0.39, 0.29) is 5.91 Å². The molecule has 2 aromatic carbocycles. The third-order valence-electron chi connectivity index (χ3n) is 5.36. The molecule has 0 radical (unpaired) electrons. The first-order chi connectivity index (χ1) is 15.0. The van der Waals surface area contributed by atoms with Gasteiger partial charge >= 0.3 is 0 Å². The van der Waals surface area contributed by atoms with Crippen molar-refractivity contribution < 1.29 is 9.53 Å². The maximum absolute atomic E-state index is 12.9. The number of thiophene rings is 1. The smallest absolute Gasteiger partial charge is 0.264 e. The summed E-state index contributed by atoms with van der Waals surface area (Å²) in [6.45, 7) is 6.32. The molecule has 0 atom stereocenters. The zero-order chi connectivity index (χ0) is 21.8. The number of hydrogen-bond acceptors (Lipinski definition) is 4. The summed E-state index contributed by atoms with van der Waals surface area (Å²) < 4.78 is 5.83. The summed E-state index contributed by atoms with van der Waals surface area (Å²) in [6.07, 6.45) is 0. The van der Waals surface area contributed by atoms with Crippen LogP contribution in [0.5, 0.6) is 5.75 Å². The van der Waals surface area contributed by atoms with Crippen molar-refractivity contribution in [3.63, 3.8) is 0 Å². The fraction of sp³-hybridized carbons (Fsp3) is 0.292. The van der Waals surface area contributed by atoms with Crippen LogP contribution in [-0.2, 0) is 13.2 Å². The van der Waals surface area contributed by atoms with E-state index in [9.17, 15) is 4.79 Å². The van der Waals surface area contributed by atoms with Gasteiger partial charge in [0, 0.05) is 48.3 Å². The molecule has 3 aromatic rings. The number of piperazine rings is 1. The molecular weight excluding hydrogens is 451 g/mol. The topological polar surface area (TPSA) is 32.8 Å². The minimum absolute atomic E-state index is 0.0933. The molecule has 0 N–H and O–H groups in total. The van der Waals surface area contributed by atoms with Crippen molar-refractivity contribution in [3.8, 4) is 5.75 Å². The van der Waals surface area contributed by atoms with E-state index in [1.807, 2.05) is 59.7 Å². The van der Waals surface area contributed by atoms with Gasteiger partial charge in [0.25, 0.3) is 5.91 Å². The highest BCUT2D eigenvalue weighted by Gasteiger charge is 2.23. The lowest BCUT2D eigenvalue weighted by molar-refractivity contribution is 0.0633. The molecule has 4 nitrogen and oxygen atoms in total. The predicted octanol–water partition coefficient (Wildman–Crippen LogP) is 5.90. The van der Waals surface area contributed by atoms with E-state index >= 15 is 0 Å². The summed E-state index contributed by atoms with van der Waals surface area (Å²) in [5, 5.41) is 3.33. The Morgan fingerprint density at radius 2 is 1.77 bits per heavy atom. The molecule has 0 spiro atoms. The highest BCUT2D eigenvalue weighted by atomic mass is 35.5. The van der Waals surface area contributed by atoms with Gasteiger partial charge in [-0.05, 0) is 48.2 Å². The lowest BCUT2D eigenvalue weighted by atomic mass is 10.2. The monoisotopic (exact) mass is 474 g/mol. The number of ether oxygens (including phenoxy) is 1. The Bertz CT molecular complexity index is 1040. The molecule has 1 saturated heterocycles. The number of aryl methyl sites for hydroxylation is 1. The number of benzene rings is 2. The first-order valence-corrected chi connectivity index (χ1v) is 11.8.